The van der Waals surface area contributed by atoms with Crippen LogP contribution in [0.5, 0.6) is 0 Å². The Kier molecular flexibility index (Phi) is 4.33. The van der Waals surface area contributed by atoms with Gasteiger partial charge < -0.3 is 15.0 Å². The van der Waals surface area contributed by atoms with Gasteiger partial charge in [-0.2, -0.15) is 0 Å². The number of thioether (sulfide) groups is 1. The lowest BCUT2D eigenvalue weighted by atomic mass is 10.0. The second-order valence-corrected chi connectivity index (χ2v) is 8.86. The highest BCUT2D eigenvalue weighted by Crippen LogP contribution is 2.52. The molecule has 5 unspecified atom stereocenters. The maximum Gasteiger partial charge on any atom is 0.224 e. The van der Waals surface area contributed by atoms with Crippen molar-refractivity contribution in [2.45, 2.75) is 30.3 Å². The minimum atomic E-state index is -0.513. The lowest BCUT2D eigenvalue weighted by molar-refractivity contribution is -0.124. The van der Waals surface area contributed by atoms with E-state index < -0.39 is 5.54 Å². The molecule has 0 radical (unpaired) electrons. The van der Waals surface area contributed by atoms with Gasteiger partial charge in [0.1, 0.15) is 5.82 Å². The molecule has 25 heavy (non-hydrogen) atoms. The number of piperidine rings is 1. The molecular weight excluding hydrogens is 351 g/mol. The minimum absolute atomic E-state index is 0.152. The Morgan fingerprint density at radius 3 is 3.08 bits per heavy atom. The highest BCUT2D eigenvalue weighted by atomic mass is 32.2. The van der Waals surface area contributed by atoms with Gasteiger partial charge >= 0.3 is 0 Å². The van der Waals surface area contributed by atoms with Gasteiger partial charge in [-0.1, -0.05) is 0 Å². The van der Waals surface area contributed by atoms with Crippen LogP contribution in [-0.4, -0.2) is 40.3 Å². The predicted molar refractivity (Wildman–Crippen MR) is 105 cm³/mol. The summed E-state index contributed by atoms with van der Waals surface area (Å²) in [6.45, 7) is 5.04. The molecule has 134 valence electrons. The Bertz CT molecular complexity index is 821. The van der Waals surface area contributed by atoms with Crippen molar-refractivity contribution in [1.29, 1.82) is 0 Å². The van der Waals surface area contributed by atoms with Gasteiger partial charge in [-0.05, 0) is 56.8 Å². The van der Waals surface area contributed by atoms with Gasteiger partial charge in [0.2, 0.25) is 5.91 Å². The van der Waals surface area contributed by atoms with Gasteiger partial charge in [0.25, 0.3) is 0 Å². The Labute approximate surface area is 154 Å². The molecule has 2 aliphatic rings. The Morgan fingerprint density at radius 1 is 1.56 bits per heavy atom. The van der Waals surface area contributed by atoms with E-state index in [1.165, 1.54) is 4.90 Å². The van der Waals surface area contributed by atoms with Crippen molar-refractivity contribution in [3.05, 3.63) is 30.4 Å². The molecule has 0 aromatic carbocycles. The maximum absolute atomic E-state index is 12.9. The first-order valence-electron chi connectivity index (χ1n) is 8.74. The normalized spacial score (nSPS) is 28.2. The fraction of sp³-hybridized carbons (Fsp3) is 0.556. The highest BCUT2D eigenvalue weighted by molar-refractivity contribution is 7.98. The lowest BCUT2D eigenvalue weighted by Crippen LogP contribution is -2.45. The van der Waals surface area contributed by atoms with Gasteiger partial charge in [0.05, 0.1) is 17.3 Å². The Hall–Kier alpha value is -1.10. The number of pyridine rings is 1. The summed E-state index contributed by atoms with van der Waals surface area (Å²) in [6.07, 6.45) is 6.99. The Morgan fingerprint density at radius 2 is 2.36 bits per heavy atom. The second kappa shape index (κ2) is 6.26. The predicted octanol–water partition coefficient (Wildman–Crippen LogP) is 2.12. The molecule has 2 aromatic heterocycles. The molecular formula is C18H25N4OPS. The third-order valence-corrected chi connectivity index (χ3v) is 6.91. The molecule has 3 heterocycles. The summed E-state index contributed by atoms with van der Waals surface area (Å²) in [5.41, 5.74) is 0.573. The maximum atomic E-state index is 12.9. The van der Waals surface area contributed by atoms with Crippen molar-refractivity contribution < 1.29 is 4.79 Å². The van der Waals surface area contributed by atoms with E-state index in [2.05, 4.69) is 41.6 Å². The number of carbonyl (C=O) groups is 1. The van der Waals surface area contributed by atoms with E-state index in [1.807, 2.05) is 32.3 Å². The molecule has 1 aliphatic carbocycles. The van der Waals surface area contributed by atoms with Crippen molar-refractivity contribution >= 4 is 32.4 Å². The van der Waals surface area contributed by atoms with Crippen molar-refractivity contribution in [2.75, 3.05) is 19.0 Å². The van der Waals surface area contributed by atoms with Crippen LogP contribution in [0.25, 0.3) is 5.52 Å². The van der Waals surface area contributed by atoms with Gasteiger partial charge in [0.15, 0.2) is 0 Å². The van der Waals surface area contributed by atoms with Crippen LogP contribution >= 0.6 is 21.0 Å². The van der Waals surface area contributed by atoms with E-state index >= 15 is 0 Å². The number of carbonyl (C=O) groups excluding carboxylic acids is 1. The first-order valence-corrected chi connectivity index (χ1v) is 10.8. The first-order chi connectivity index (χ1) is 12.0. The number of hydrogen-bond donors (Lipinski definition) is 2. The molecule has 5 atom stereocenters. The van der Waals surface area contributed by atoms with Crippen molar-refractivity contribution in [1.82, 2.24) is 20.0 Å². The average molecular weight is 376 g/mol. The van der Waals surface area contributed by atoms with Gasteiger partial charge in [-0.3, -0.25) is 4.79 Å². The molecule has 1 saturated heterocycles. The zero-order chi connectivity index (χ0) is 17.8. The molecule has 1 amide bonds. The monoisotopic (exact) mass is 376 g/mol. The summed E-state index contributed by atoms with van der Waals surface area (Å²) in [5, 5.41) is 6.76. The SMILES string of the molecule is CSc1cccn2c(C(C)(C)NC(=O)C3C4CNC(CP)C43)ncc12. The van der Waals surface area contributed by atoms with E-state index in [-0.39, 0.29) is 11.8 Å². The van der Waals surface area contributed by atoms with Crippen LogP contribution in [0.2, 0.25) is 0 Å². The van der Waals surface area contributed by atoms with Gasteiger partial charge in [-0.25, -0.2) is 4.98 Å². The summed E-state index contributed by atoms with van der Waals surface area (Å²) >= 11 is 1.71. The van der Waals surface area contributed by atoms with E-state index in [1.54, 1.807) is 11.8 Å². The van der Waals surface area contributed by atoms with E-state index in [0.29, 0.717) is 17.9 Å². The average Bonchev–Trinajstić information content (AvgIpc) is 2.95. The number of nitrogens with zero attached hydrogens (tertiary/aromatic N) is 2. The standard InChI is InChI=1S/C18H25N4OPS/c1-18(2,17-20-8-12-13(25-3)5-4-6-22(12)17)21-16(23)15-10-7-19-11(9-24)14(10)15/h4-6,8,10-11,14-15,19H,7,9,24H2,1-3H3,(H,21,23). The van der Waals surface area contributed by atoms with Crippen LogP contribution < -0.4 is 10.6 Å². The summed E-state index contributed by atoms with van der Waals surface area (Å²) < 4.78 is 2.09. The van der Waals surface area contributed by atoms with Crippen LogP contribution in [0, 0.1) is 17.8 Å². The third-order valence-electron chi connectivity index (χ3n) is 5.61. The molecule has 2 aromatic rings. The summed E-state index contributed by atoms with van der Waals surface area (Å²) in [7, 11) is 2.79. The lowest BCUT2D eigenvalue weighted by Gasteiger charge is -2.26. The molecule has 1 aliphatic heterocycles. The van der Waals surface area contributed by atoms with Crippen LogP contribution in [0.3, 0.4) is 0 Å². The molecule has 4 rings (SSSR count). The molecule has 1 saturated carbocycles. The number of aromatic nitrogens is 2. The third kappa shape index (κ3) is 2.79. The molecule has 2 N–H and O–H groups in total. The Balaban J connectivity index is 1.56. The van der Waals surface area contributed by atoms with Crippen molar-refractivity contribution in [2.24, 2.45) is 17.8 Å². The first kappa shape index (κ1) is 17.3. The minimum Gasteiger partial charge on any atom is -0.344 e. The fourth-order valence-electron chi connectivity index (χ4n) is 4.32. The molecule has 2 fully saturated rings. The topological polar surface area (TPSA) is 58.4 Å². The number of imidazole rings is 1. The zero-order valence-electron chi connectivity index (χ0n) is 14.8. The summed E-state index contributed by atoms with van der Waals surface area (Å²) in [5.74, 6) is 2.19. The number of fused-ring (bicyclic) bond motifs is 2. The van der Waals surface area contributed by atoms with Gasteiger partial charge in [0, 0.05) is 23.1 Å². The number of nitrogens with one attached hydrogen (secondary N) is 2. The number of rotatable bonds is 5. The summed E-state index contributed by atoms with van der Waals surface area (Å²) in [4.78, 5) is 18.7. The quantitative estimate of drug-likeness (QED) is 0.620. The zero-order valence-corrected chi connectivity index (χ0v) is 16.8. The smallest absolute Gasteiger partial charge is 0.224 e. The largest absolute Gasteiger partial charge is 0.344 e. The van der Waals surface area contributed by atoms with Crippen molar-refractivity contribution in [3.63, 3.8) is 0 Å². The molecule has 7 heteroatoms. The molecule has 0 bridgehead atoms. The van der Waals surface area contributed by atoms with Crippen LogP contribution in [0.15, 0.2) is 29.4 Å². The van der Waals surface area contributed by atoms with Crippen LogP contribution in [0.4, 0.5) is 0 Å². The van der Waals surface area contributed by atoms with E-state index in [9.17, 15) is 4.79 Å². The molecule has 5 nitrogen and oxygen atoms in total. The van der Waals surface area contributed by atoms with E-state index in [0.717, 1.165) is 24.0 Å². The highest BCUT2D eigenvalue weighted by Gasteiger charge is 2.61. The van der Waals surface area contributed by atoms with Crippen molar-refractivity contribution in [3.8, 4) is 0 Å². The molecule has 0 spiro atoms. The number of hydrogen-bond acceptors (Lipinski definition) is 4. The van der Waals surface area contributed by atoms with Crippen LogP contribution in [-0.2, 0) is 10.3 Å². The fourth-order valence-corrected chi connectivity index (χ4v) is 5.38. The van der Waals surface area contributed by atoms with Crippen LogP contribution in [0.1, 0.15) is 19.7 Å². The second-order valence-electron chi connectivity index (χ2n) is 7.55. The summed E-state index contributed by atoms with van der Waals surface area (Å²) in [6, 6.07) is 4.59. The van der Waals surface area contributed by atoms with Gasteiger partial charge in [-0.15, -0.1) is 21.0 Å². The number of amides is 1. The van der Waals surface area contributed by atoms with E-state index in [4.69, 9.17) is 0 Å².